The topological polar surface area (TPSA) is 3.24 Å². The monoisotopic (exact) mass is 261 g/mol. The summed E-state index contributed by atoms with van der Waals surface area (Å²) in [5.41, 5.74) is 1.62. The molecule has 4 heterocycles. The molecule has 2 aliphatic heterocycles. The highest BCUT2D eigenvalue weighted by Crippen LogP contribution is 2.47. The molecule has 2 aromatic rings. The number of rotatable bonds is 1. The van der Waals surface area contributed by atoms with Crippen molar-refractivity contribution < 1.29 is 0 Å². The van der Waals surface area contributed by atoms with Crippen LogP contribution in [0.5, 0.6) is 0 Å². The maximum Gasteiger partial charge on any atom is 0.0408 e. The van der Waals surface area contributed by atoms with Gasteiger partial charge in [-0.05, 0) is 47.8 Å². The van der Waals surface area contributed by atoms with Crippen LogP contribution in [0.3, 0.4) is 0 Å². The van der Waals surface area contributed by atoms with Crippen molar-refractivity contribution in [2.24, 2.45) is 0 Å². The molecule has 17 heavy (non-hydrogen) atoms. The fraction of sp³-hybridized carbons (Fsp3) is 0.429. The molecule has 2 aromatic heterocycles. The highest BCUT2D eigenvalue weighted by atomic mass is 32.1. The van der Waals surface area contributed by atoms with Crippen LogP contribution >= 0.6 is 22.7 Å². The highest BCUT2D eigenvalue weighted by Gasteiger charge is 2.37. The second-order valence-corrected chi connectivity index (χ2v) is 6.89. The fourth-order valence-electron chi connectivity index (χ4n) is 3.31. The van der Waals surface area contributed by atoms with Crippen molar-refractivity contribution in [1.82, 2.24) is 4.90 Å². The van der Waals surface area contributed by atoms with Crippen LogP contribution in [0.25, 0.3) is 0 Å². The molecule has 0 amide bonds. The molecular formula is C14H15NS2. The van der Waals surface area contributed by atoms with Gasteiger partial charge in [0.25, 0.3) is 0 Å². The first kappa shape index (κ1) is 10.3. The summed E-state index contributed by atoms with van der Waals surface area (Å²) in [4.78, 5) is 5.87. The van der Waals surface area contributed by atoms with Crippen LogP contribution in [-0.2, 0) is 0 Å². The van der Waals surface area contributed by atoms with E-state index in [1.807, 2.05) is 22.7 Å². The lowest BCUT2D eigenvalue weighted by Gasteiger charge is -2.34. The average molecular weight is 261 g/mol. The number of nitrogens with zero attached hydrogens (tertiary/aromatic N) is 1. The first-order chi connectivity index (χ1) is 8.43. The lowest BCUT2D eigenvalue weighted by molar-refractivity contribution is 0.233. The standard InChI is InChI=1S/C14H15NS2/c1-3-12-10-5-8-17-14(10)11(9-15(12)6-1)13-4-2-7-16-13/h2,4-5,7-8,11-12H,1,3,6,9H2. The van der Waals surface area contributed by atoms with E-state index < -0.39 is 0 Å². The molecule has 3 heteroatoms. The van der Waals surface area contributed by atoms with Crippen LogP contribution in [0.4, 0.5) is 0 Å². The Balaban J connectivity index is 1.81. The van der Waals surface area contributed by atoms with Gasteiger partial charge in [-0.2, -0.15) is 0 Å². The van der Waals surface area contributed by atoms with Crippen molar-refractivity contribution in [2.45, 2.75) is 24.8 Å². The van der Waals surface area contributed by atoms with E-state index in [2.05, 4.69) is 33.9 Å². The summed E-state index contributed by atoms with van der Waals surface area (Å²) in [7, 11) is 0. The Morgan fingerprint density at radius 2 is 2.18 bits per heavy atom. The van der Waals surface area contributed by atoms with Crippen LogP contribution in [0.15, 0.2) is 29.0 Å². The Kier molecular flexibility index (Phi) is 2.39. The van der Waals surface area contributed by atoms with Gasteiger partial charge in [0, 0.05) is 28.3 Å². The molecule has 0 aromatic carbocycles. The molecule has 88 valence electrons. The van der Waals surface area contributed by atoms with E-state index in [0.29, 0.717) is 5.92 Å². The predicted octanol–water partition coefficient (Wildman–Crippen LogP) is 4.09. The zero-order valence-electron chi connectivity index (χ0n) is 9.63. The van der Waals surface area contributed by atoms with Gasteiger partial charge in [-0.3, -0.25) is 4.90 Å². The molecule has 2 unspecified atom stereocenters. The zero-order chi connectivity index (χ0) is 11.2. The molecule has 2 aliphatic rings. The normalized spacial score (nSPS) is 28.0. The molecule has 0 bridgehead atoms. The third-order valence-electron chi connectivity index (χ3n) is 4.07. The quantitative estimate of drug-likeness (QED) is 0.747. The summed E-state index contributed by atoms with van der Waals surface area (Å²) in [6.07, 6.45) is 2.73. The number of thiophene rings is 2. The number of hydrogen-bond donors (Lipinski definition) is 0. The lowest BCUT2D eigenvalue weighted by Crippen LogP contribution is -2.33. The SMILES string of the molecule is c1csc(C2CN3CCCC3c3ccsc32)c1. The van der Waals surface area contributed by atoms with Crippen LogP contribution in [-0.4, -0.2) is 18.0 Å². The molecule has 0 radical (unpaired) electrons. The van der Waals surface area contributed by atoms with E-state index >= 15 is 0 Å². The van der Waals surface area contributed by atoms with Crippen molar-refractivity contribution in [1.29, 1.82) is 0 Å². The molecule has 1 nitrogen and oxygen atoms in total. The van der Waals surface area contributed by atoms with Crippen LogP contribution in [0.2, 0.25) is 0 Å². The predicted molar refractivity (Wildman–Crippen MR) is 74.0 cm³/mol. The Bertz CT molecular complexity index is 514. The molecule has 0 saturated carbocycles. The number of hydrogen-bond acceptors (Lipinski definition) is 3. The van der Waals surface area contributed by atoms with Crippen molar-refractivity contribution in [3.05, 3.63) is 44.3 Å². The van der Waals surface area contributed by atoms with Gasteiger partial charge >= 0.3 is 0 Å². The number of fused-ring (bicyclic) bond motifs is 3. The van der Waals surface area contributed by atoms with Crippen LogP contribution in [0, 0.1) is 0 Å². The van der Waals surface area contributed by atoms with Gasteiger partial charge in [-0.25, -0.2) is 0 Å². The summed E-state index contributed by atoms with van der Waals surface area (Å²) >= 11 is 3.87. The minimum Gasteiger partial charge on any atom is -0.295 e. The van der Waals surface area contributed by atoms with Gasteiger partial charge in [0.1, 0.15) is 0 Å². The molecule has 1 fully saturated rings. The fourth-order valence-corrected chi connectivity index (χ4v) is 5.28. The van der Waals surface area contributed by atoms with E-state index in [-0.39, 0.29) is 0 Å². The Labute approximate surface area is 110 Å². The van der Waals surface area contributed by atoms with Gasteiger partial charge in [0.05, 0.1) is 0 Å². The van der Waals surface area contributed by atoms with Crippen molar-refractivity contribution >= 4 is 22.7 Å². The summed E-state index contributed by atoms with van der Waals surface area (Å²) < 4.78 is 0. The van der Waals surface area contributed by atoms with Gasteiger partial charge in [0.15, 0.2) is 0 Å². The molecular weight excluding hydrogens is 246 g/mol. The van der Waals surface area contributed by atoms with Gasteiger partial charge in [-0.15, -0.1) is 22.7 Å². The minimum absolute atomic E-state index is 0.638. The van der Waals surface area contributed by atoms with E-state index in [4.69, 9.17) is 0 Å². The van der Waals surface area contributed by atoms with Crippen LogP contribution in [0.1, 0.15) is 40.1 Å². The van der Waals surface area contributed by atoms with Crippen LogP contribution < -0.4 is 0 Å². The van der Waals surface area contributed by atoms with E-state index in [0.717, 1.165) is 6.04 Å². The lowest BCUT2D eigenvalue weighted by atomic mass is 9.92. The van der Waals surface area contributed by atoms with Crippen molar-refractivity contribution in [2.75, 3.05) is 13.1 Å². The maximum atomic E-state index is 2.69. The molecule has 4 rings (SSSR count). The zero-order valence-corrected chi connectivity index (χ0v) is 11.3. The second kappa shape index (κ2) is 3.94. The average Bonchev–Trinajstić information content (AvgIpc) is 3.09. The van der Waals surface area contributed by atoms with Gasteiger partial charge in [-0.1, -0.05) is 6.07 Å². The molecule has 0 N–H and O–H groups in total. The summed E-state index contributed by atoms with van der Waals surface area (Å²) in [6.45, 7) is 2.53. The first-order valence-electron chi connectivity index (χ1n) is 6.28. The largest absolute Gasteiger partial charge is 0.295 e. The Morgan fingerprint density at radius 3 is 3.06 bits per heavy atom. The van der Waals surface area contributed by atoms with Gasteiger partial charge in [0.2, 0.25) is 0 Å². The molecule has 1 saturated heterocycles. The van der Waals surface area contributed by atoms with E-state index in [1.54, 1.807) is 15.3 Å². The Morgan fingerprint density at radius 1 is 1.18 bits per heavy atom. The summed E-state index contributed by atoms with van der Waals surface area (Å²) in [5.74, 6) is 0.638. The van der Waals surface area contributed by atoms with Gasteiger partial charge < -0.3 is 0 Å². The maximum absolute atomic E-state index is 2.69. The summed E-state index contributed by atoms with van der Waals surface area (Å²) in [6, 6.07) is 7.58. The molecule has 0 spiro atoms. The smallest absolute Gasteiger partial charge is 0.0408 e. The van der Waals surface area contributed by atoms with Crippen molar-refractivity contribution in [3.8, 4) is 0 Å². The van der Waals surface area contributed by atoms with E-state index in [9.17, 15) is 0 Å². The second-order valence-electron chi connectivity index (χ2n) is 4.96. The van der Waals surface area contributed by atoms with E-state index in [1.165, 1.54) is 25.9 Å². The molecule has 0 aliphatic carbocycles. The molecule has 2 atom stereocenters. The summed E-state index contributed by atoms with van der Waals surface area (Å²) in [5, 5.41) is 4.49. The van der Waals surface area contributed by atoms with Crippen molar-refractivity contribution in [3.63, 3.8) is 0 Å². The third-order valence-corrected chi connectivity index (χ3v) is 6.10. The third kappa shape index (κ3) is 1.53. The highest BCUT2D eigenvalue weighted by molar-refractivity contribution is 7.11. The Hall–Kier alpha value is -0.640. The minimum atomic E-state index is 0.638. The first-order valence-corrected chi connectivity index (χ1v) is 8.04.